The maximum atomic E-state index is 12.0. The summed E-state index contributed by atoms with van der Waals surface area (Å²) in [5, 5.41) is 0. The molecule has 0 saturated carbocycles. The molecule has 0 saturated heterocycles. The molecular weight excluding hydrogens is 214 g/mol. The van der Waals surface area contributed by atoms with Crippen molar-refractivity contribution in [1.29, 1.82) is 0 Å². The minimum Gasteiger partial charge on any atom is -0.397 e. The van der Waals surface area contributed by atoms with Crippen molar-refractivity contribution in [3.8, 4) is 0 Å². The van der Waals surface area contributed by atoms with Crippen LogP contribution in [0.4, 0.5) is 11.4 Å². The summed E-state index contributed by atoms with van der Waals surface area (Å²) in [6.45, 7) is 2.80. The highest BCUT2D eigenvalue weighted by Gasteiger charge is 2.29. The quantitative estimate of drug-likeness (QED) is 0.778. The van der Waals surface area contributed by atoms with Gasteiger partial charge in [-0.1, -0.05) is 12.1 Å². The number of amides is 1. The molecule has 0 aromatic heterocycles. The van der Waals surface area contributed by atoms with Gasteiger partial charge in [0.2, 0.25) is 5.91 Å². The number of para-hydroxylation sites is 1. The van der Waals surface area contributed by atoms with Crippen molar-refractivity contribution in [3.63, 3.8) is 0 Å². The summed E-state index contributed by atoms with van der Waals surface area (Å²) in [5.74, 6) is 0.112. The van der Waals surface area contributed by atoms with Gasteiger partial charge in [0.1, 0.15) is 6.04 Å². The molecule has 1 aliphatic rings. The number of carbonyl (C=O) groups excluding carboxylic acids is 1. The lowest BCUT2D eigenvalue weighted by Crippen LogP contribution is -2.44. The molecular formula is C13H19N3O. The van der Waals surface area contributed by atoms with Crippen LogP contribution in [0.3, 0.4) is 0 Å². The van der Waals surface area contributed by atoms with Crippen LogP contribution in [0.5, 0.6) is 0 Å². The SMILES string of the molecule is CC(C(=O)N(C)C)N1CCc2cccc(N)c21. The van der Waals surface area contributed by atoms with E-state index >= 15 is 0 Å². The number of likely N-dealkylation sites (N-methyl/N-ethyl adjacent to an activating group) is 1. The fourth-order valence-electron chi connectivity index (χ4n) is 2.41. The topological polar surface area (TPSA) is 49.6 Å². The zero-order valence-corrected chi connectivity index (χ0v) is 10.6. The molecule has 1 unspecified atom stereocenters. The number of benzene rings is 1. The van der Waals surface area contributed by atoms with E-state index in [1.165, 1.54) is 5.56 Å². The Hall–Kier alpha value is -1.71. The van der Waals surface area contributed by atoms with Crippen LogP contribution in [0.2, 0.25) is 0 Å². The van der Waals surface area contributed by atoms with Crippen LogP contribution >= 0.6 is 0 Å². The number of hydrogen-bond donors (Lipinski definition) is 1. The molecule has 1 aliphatic heterocycles. The van der Waals surface area contributed by atoms with Gasteiger partial charge in [0.05, 0.1) is 11.4 Å². The van der Waals surface area contributed by atoms with E-state index in [1.54, 1.807) is 19.0 Å². The van der Waals surface area contributed by atoms with Gasteiger partial charge < -0.3 is 15.5 Å². The number of rotatable bonds is 2. The van der Waals surface area contributed by atoms with Crippen molar-refractivity contribution < 1.29 is 4.79 Å². The van der Waals surface area contributed by atoms with Crippen LogP contribution < -0.4 is 10.6 Å². The molecule has 2 rings (SSSR count). The highest BCUT2D eigenvalue weighted by molar-refractivity contribution is 5.87. The van der Waals surface area contributed by atoms with E-state index in [0.717, 1.165) is 24.3 Å². The van der Waals surface area contributed by atoms with E-state index < -0.39 is 0 Å². The predicted octanol–water partition coefficient (Wildman–Crippen LogP) is 1.11. The summed E-state index contributed by atoms with van der Waals surface area (Å²) < 4.78 is 0. The van der Waals surface area contributed by atoms with E-state index in [9.17, 15) is 4.79 Å². The fraction of sp³-hybridized carbons (Fsp3) is 0.462. The molecule has 92 valence electrons. The average molecular weight is 233 g/mol. The van der Waals surface area contributed by atoms with Crippen molar-refractivity contribution >= 4 is 17.3 Å². The highest BCUT2D eigenvalue weighted by Crippen LogP contribution is 2.35. The molecule has 2 N–H and O–H groups in total. The van der Waals surface area contributed by atoms with Gasteiger partial charge in [-0.15, -0.1) is 0 Å². The molecule has 0 bridgehead atoms. The molecule has 0 spiro atoms. The monoisotopic (exact) mass is 233 g/mol. The molecule has 1 atom stereocenters. The Morgan fingerprint density at radius 1 is 1.47 bits per heavy atom. The van der Waals surface area contributed by atoms with Crippen LogP contribution in [-0.4, -0.2) is 37.5 Å². The number of fused-ring (bicyclic) bond motifs is 1. The van der Waals surface area contributed by atoms with Crippen molar-refractivity contribution in [3.05, 3.63) is 23.8 Å². The molecule has 4 heteroatoms. The van der Waals surface area contributed by atoms with Crippen molar-refractivity contribution in [1.82, 2.24) is 4.90 Å². The van der Waals surface area contributed by atoms with Gasteiger partial charge in [-0.25, -0.2) is 0 Å². The normalized spacial score (nSPS) is 15.6. The first-order valence-electron chi connectivity index (χ1n) is 5.87. The van der Waals surface area contributed by atoms with Crippen LogP contribution in [-0.2, 0) is 11.2 Å². The lowest BCUT2D eigenvalue weighted by Gasteiger charge is -2.29. The number of hydrogen-bond acceptors (Lipinski definition) is 3. The Morgan fingerprint density at radius 2 is 2.18 bits per heavy atom. The Bertz CT molecular complexity index is 442. The third-order valence-corrected chi connectivity index (χ3v) is 3.33. The van der Waals surface area contributed by atoms with E-state index in [4.69, 9.17) is 5.73 Å². The Balaban J connectivity index is 2.31. The Morgan fingerprint density at radius 3 is 2.82 bits per heavy atom. The smallest absolute Gasteiger partial charge is 0.244 e. The predicted molar refractivity (Wildman–Crippen MR) is 70.1 cm³/mol. The van der Waals surface area contributed by atoms with Gasteiger partial charge in [0.25, 0.3) is 0 Å². The molecule has 4 nitrogen and oxygen atoms in total. The van der Waals surface area contributed by atoms with Crippen LogP contribution in [0.25, 0.3) is 0 Å². The molecule has 1 heterocycles. The average Bonchev–Trinajstić information content (AvgIpc) is 2.72. The minimum absolute atomic E-state index is 0.112. The van der Waals surface area contributed by atoms with Gasteiger partial charge in [-0.05, 0) is 25.0 Å². The number of carbonyl (C=O) groups is 1. The van der Waals surface area contributed by atoms with Gasteiger partial charge >= 0.3 is 0 Å². The van der Waals surface area contributed by atoms with Gasteiger partial charge in [0.15, 0.2) is 0 Å². The molecule has 0 fully saturated rings. The molecule has 1 aromatic carbocycles. The first-order chi connectivity index (χ1) is 8.02. The van der Waals surface area contributed by atoms with Crippen molar-refractivity contribution in [2.24, 2.45) is 0 Å². The van der Waals surface area contributed by atoms with Gasteiger partial charge in [-0.3, -0.25) is 4.79 Å². The second kappa shape index (κ2) is 4.28. The summed E-state index contributed by atoms with van der Waals surface area (Å²) in [6.07, 6.45) is 0.964. The Labute approximate surface area is 102 Å². The third kappa shape index (κ3) is 1.95. The van der Waals surface area contributed by atoms with Crippen LogP contribution in [0.15, 0.2) is 18.2 Å². The van der Waals surface area contributed by atoms with Gasteiger partial charge in [-0.2, -0.15) is 0 Å². The lowest BCUT2D eigenvalue weighted by molar-refractivity contribution is -0.129. The lowest BCUT2D eigenvalue weighted by atomic mass is 10.1. The van der Waals surface area contributed by atoms with E-state index in [0.29, 0.717) is 0 Å². The summed E-state index contributed by atoms with van der Waals surface area (Å²) >= 11 is 0. The fourth-order valence-corrected chi connectivity index (χ4v) is 2.41. The summed E-state index contributed by atoms with van der Waals surface area (Å²) in [6, 6.07) is 5.79. The second-order valence-corrected chi connectivity index (χ2v) is 4.71. The van der Waals surface area contributed by atoms with E-state index in [1.807, 2.05) is 19.1 Å². The zero-order valence-electron chi connectivity index (χ0n) is 10.6. The summed E-state index contributed by atoms with van der Waals surface area (Å²) in [7, 11) is 3.56. The summed E-state index contributed by atoms with van der Waals surface area (Å²) in [4.78, 5) is 15.7. The number of nitrogens with two attached hydrogens (primary N) is 1. The largest absolute Gasteiger partial charge is 0.397 e. The molecule has 0 aliphatic carbocycles. The first-order valence-corrected chi connectivity index (χ1v) is 5.87. The maximum Gasteiger partial charge on any atom is 0.244 e. The van der Waals surface area contributed by atoms with Crippen LogP contribution in [0.1, 0.15) is 12.5 Å². The third-order valence-electron chi connectivity index (χ3n) is 3.33. The van der Waals surface area contributed by atoms with Crippen molar-refractivity contribution in [2.75, 3.05) is 31.3 Å². The molecule has 1 amide bonds. The summed E-state index contributed by atoms with van der Waals surface area (Å²) in [5.41, 5.74) is 9.05. The zero-order chi connectivity index (χ0) is 12.6. The van der Waals surface area contributed by atoms with E-state index in [-0.39, 0.29) is 11.9 Å². The van der Waals surface area contributed by atoms with E-state index in [2.05, 4.69) is 11.0 Å². The molecule has 1 aromatic rings. The highest BCUT2D eigenvalue weighted by atomic mass is 16.2. The molecule has 17 heavy (non-hydrogen) atoms. The standard InChI is InChI=1S/C13H19N3O/c1-9(13(17)15(2)3)16-8-7-10-5-4-6-11(14)12(10)16/h4-6,9H,7-8,14H2,1-3H3. The Kier molecular flexibility index (Phi) is 2.96. The maximum absolute atomic E-state index is 12.0. The minimum atomic E-state index is -0.157. The van der Waals surface area contributed by atoms with Crippen LogP contribution in [0, 0.1) is 0 Å². The van der Waals surface area contributed by atoms with Gasteiger partial charge in [0, 0.05) is 20.6 Å². The molecule has 0 radical (unpaired) electrons. The number of nitrogen functional groups attached to an aromatic ring is 1. The number of nitrogens with zero attached hydrogens (tertiary/aromatic N) is 2. The first kappa shape index (κ1) is 11.8. The number of anilines is 2. The van der Waals surface area contributed by atoms with Crippen molar-refractivity contribution in [2.45, 2.75) is 19.4 Å². The second-order valence-electron chi connectivity index (χ2n) is 4.71.